The summed E-state index contributed by atoms with van der Waals surface area (Å²) < 4.78 is 16.4. The molecule has 0 spiro atoms. The van der Waals surface area contributed by atoms with Crippen LogP contribution in [0.1, 0.15) is 62.4 Å². The van der Waals surface area contributed by atoms with Crippen LogP contribution in [0.2, 0.25) is 0 Å². The van der Waals surface area contributed by atoms with Gasteiger partial charge in [-0.25, -0.2) is 0 Å². The Labute approximate surface area is 239 Å². The first-order valence-corrected chi connectivity index (χ1v) is 13.0. The third-order valence-electron chi connectivity index (χ3n) is 7.32. The Morgan fingerprint density at radius 3 is 2.26 bits per heavy atom. The number of ether oxygens (including phenoxy) is 3. The molecule has 3 aromatic carbocycles. The molecule has 4 unspecified atom stereocenters. The number of phenols is 1. The van der Waals surface area contributed by atoms with Gasteiger partial charge in [0.1, 0.15) is 23.4 Å². The van der Waals surface area contributed by atoms with Crippen molar-refractivity contribution in [3.63, 3.8) is 0 Å². The van der Waals surface area contributed by atoms with E-state index < -0.39 is 53.7 Å². The minimum absolute atomic E-state index is 0.00938. The monoisotopic (exact) mass is 576 g/mol. The first-order valence-electron chi connectivity index (χ1n) is 13.0. The second-order valence-electron chi connectivity index (χ2n) is 10.2. The normalized spacial score (nSPS) is 22.9. The second kappa shape index (κ2) is 10.8. The fourth-order valence-corrected chi connectivity index (χ4v) is 5.03. The molecule has 11 heteroatoms. The van der Waals surface area contributed by atoms with Gasteiger partial charge >= 0.3 is 5.97 Å². The molecule has 0 radical (unpaired) electrons. The van der Waals surface area contributed by atoms with Crippen LogP contribution in [-0.4, -0.2) is 73.5 Å². The number of rotatable bonds is 5. The topological polar surface area (TPSA) is 180 Å². The summed E-state index contributed by atoms with van der Waals surface area (Å²) in [6.45, 7) is 3.93. The molecule has 1 aliphatic carbocycles. The Hall–Kier alpha value is -4.39. The predicted octanol–water partition coefficient (Wildman–Crippen LogP) is 2.10. The van der Waals surface area contributed by atoms with Gasteiger partial charge in [0.15, 0.2) is 17.7 Å². The van der Waals surface area contributed by atoms with Gasteiger partial charge < -0.3 is 39.7 Å². The van der Waals surface area contributed by atoms with Crippen molar-refractivity contribution in [2.45, 2.75) is 51.2 Å². The highest BCUT2D eigenvalue weighted by Crippen LogP contribution is 2.43. The quantitative estimate of drug-likeness (QED) is 0.102. The average Bonchev–Trinajstić information content (AvgIpc) is 2.95. The van der Waals surface area contributed by atoms with Crippen LogP contribution in [-0.2, 0) is 9.53 Å². The summed E-state index contributed by atoms with van der Waals surface area (Å²) in [6, 6.07) is 13.0. The summed E-state index contributed by atoms with van der Waals surface area (Å²) in [5.74, 6) is -5.69. The maximum absolute atomic E-state index is 14.0. The van der Waals surface area contributed by atoms with Crippen LogP contribution >= 0.6 is 0 Å². The molecule has 3 aromatic rings. The zero-order valence-corrected chi connectivity index (χ0v) is 22.8. The van der Waals surface area contributed by atoms with Crippen LogP contribution in [0.25, 0.3) is 12.2 Å². The fraction of sp³-hybridized carbons (Fsp3) is 0.258. The van der Waals surface area contributed by atoms with Gasteiger partial charge in [0.05, 0.1) is 11.7 Å². The number of esters is 1. The predicted molar refractivity (Wildman–Crippen MR) is 147 cm³/mol. The lowest BCUT2D eigenvalue weighted by atomic mass is 9.80. The summed E-state index contributed by atoms with van der Waals surface area (Å²) in [5, 5.41) is 51.8. The van der Waals surface area contributed by atoms with Crippen molar-refractivity contribution in [2.75, 3.05) is 0 Å². The molecule has 0 amide bonds. The van der Waals surface area contributed by atoms with Gasteiger partial charge in [-0.15, -0.1) is 0 Å². The fourth-order valence-electron chi connectivity index (χ4n) is 5.03. The molecule has 4 atom stereocenters. The Bertz CT molecular complexity index is 1620. The van der Waals surface area contributed by atoms with Gasteiger partial charge in [-0.1, -0.05) is 36.4 Å². The molecule has 5 rings (SSSR count). The van der Waals surface area contributed by atoms with E-state index in [0.717, 1.165) is 5.56 Å². The molecule has 0 bridgehead atoms. The molecule has 11 nitrogen and oxygen atoms in total. The number of fused-ring (bicyclic) bond motifs is 2. The number of hydrogen-bond acceptors (Lipinski definition) is 11. The number of aromatic hydroxyl groups is 1. The van der Waals surface area contributed by atoms with Crippen LogP contribution in [0.3, 0.4) is 0 Å². The smallest absolute Gasteiger partial charge is 0.308 e. The highest BCUT2D eigenvalue weighted by atomic mass is 16.7. The molecule has 5 N–H and O–H groups in total. The third-order valence-corrected chi connectivity index (χ3v) is 7.32. The summed E-state index contributed by atoms with van der Waals surface area (Å²) in [4.78, 5) is 39.5. The lowest BCUT2D eigenvalue weighted by Crippen LogP contribution is -2.66. The van der Waals surface area contributed by atoms with Crippen LogP contribution in [0.4, 0.5) is 0 Å². The van der Waals surface area contributed by atoms with Crippen LogP contribution in [0, 0.1) is 6.92 Å². The zero-order chi connectivity index (χ0) is 30.5. The highest BCUT2D eigenvalue weighted by Gasteiger charge is 2.54. The van der Waals surface area contributed by atoms with Gasteiger partial charge in [-0.3, -0.25) is 14.4 Å². The zero-order valence-electron chi connectivity index (χ0n) is 22.8. The molecule has 0 saturated carbocycles. The maximum atomic E-state index is 14.0. The summed E-state index contributed by atoms with van der Waals surface area (Å²) >= 11 is 0. The van der Waals surface area contributed by atoms with Gasteiger partial charge in [0, 0.05) is 34.7 Å². The van der Waals surface area contributed by atoms with E-state index in [4.69, 9.17) is 14.2 Å². The number of benzene rings is 3. The van der Waals surface area contributed by atoms with E-state index in [2.05, 4.69) is 0 Å². The third kappa shape index (κ3) is 4.87. The van der Waals surface area contributed by atoms with E-state index in [0.29, 0.717) is 0 Å². The number of aliphatic hydroxyl groups is 4. The lowest BCUT2D eigenvalue weighted by Gasteiger charge is -2.43. The highest BCUT2D eigenvalue weighted by molar-refractivity contribution is 6.31. The van der Waals surface area contributed by atoms with E-state index >= 15 is 0 Å². The molecular weight excluding hydrogens is 548 g/mol. The lowest BCUT2D eigenvalue weighted by molar-refractivity contribution is -0.371. The summed E-state index contributed by atoms with van der Waals surface area (Å²) in [6.07, 6.45) is -3.65. The first kappa shape index (κ1) is 29.1. The Kier molecular flexibility index (Phi) is 7.48. The molecule has 1 saturated heterocycles. The molecule has 1 fully saturated rings. The Morgan fingerprint density at radius 1 is 0.929 bits per heavy atom. The number of ketones is 2. The van der Waals surface area contributed by atoms with E-state index in [1.54, 1.807) is 12.2 Å². The van der Waals surface area contributed by atoms with Crippen LogP contribution in [0.5, 0.6) is 17.2 Å². The molecule has 218 valence electrons. The summed E-state index contributed by atoms with van der Waals surface area (Å²) in [5.41, 5.74) is 0.354. The second-order valence-corrected chi connectivity index (χ2v) is 10.2. The van der Waals surface area contributed by atoms with E-state index in [1.807, 2.05) is 30.3 Å². The largest absolute Gasteiger partial charge is 0.507 e. The van der Waals surface area contributed by atoms with E-state index in [1.165, 1.54) is 39.0 Å². The van der Waals surface area contributed by atoms with E-state index in [9.17, 15) is 39.9 Å². The molecule has 1 aliphatic heterocycles. The number of phenolic OH excluding ortho intramolecular Hbond substituents is 1. The molecule has 2 aliphatic rings. The number of hydrogen-bond donors (Lipinski definition) is 5. The Morgan fingerprint density at radius 2 is 1.60 bits per heavy atom. The van der Waals surface area contributed by atoms with Gasteiger partial charge in [-0.05, 0) is 43.7 Å². The minimum atomic E-state index is -2.98. The SMILES string of the molecule is CC(=O)Oc1ccc2c(c1C=Cc1ccccc1)C(=O)c1cc(OC3OC(C)C(O)C(O)(O)C3O)c(C)c(O)c1C2=O. The number of carbonyl (C=O) groups excluding carboxylic acids is 3. The number of carbonyl (C=O) groups is 3. The van der Waals surface area contributed by atoms with Crippen molar-refractivity contribution in [3.05, 3.63) is 87.5 Å². The van der Waals surface area contributed by atoms with Crippen LogP contribution < -0.4 is 9.47 Å². The molecule has 1 heterocycles. The molecular formula is C31H28O11. The number of aliphatic hydroxyl groups excluding tert-OH is 2. The van der Waals surface area contributed by atoms with Crippen LogP contribution in [0.15, 0.2) is 48.5 Å². The summed E-state index contributed by atoms with van der Waals surface area (Å²) in [7, 11) is 0. The van der Waals surface area contributed by atoms with Crippen molar-refractivity contribution in [1.82, 2.24) is 0 Å². The van der Waals surface area contributed by atoms with Gasteiger partial charge in [0.2, 0.25) is 12.1 Å². The first-order chi connectivity index (χ1) is 19.8. The van der Waals surface area contributed by atoms with Gasteiger partial charge in [0.25, 0.3) is 0 Å². The van der Waals surface area contributed by atoms with Crippen molar-refractivity contribution in [3.8, 4) is 17.2 Å². The Balaban J connectivity index is 1.62. The van der Waals surface area contributed by atoms with Crippen molar-refractivity contribution >= 4 is 29.7 Å². The minimum Gasteiger partial charge on any atom is -0.507 e. The molecule has 42 heavy (non-hydrogen) atoms. The molecule has 0 aromatic heterocycles. The maximum Gasteiger partial charge on any atom is 0.308 e. The standard InChI is InChI=1S/C31H28O11/c1-14-22(42-30-29(37)31(38,39)28(36)15(2)40-30)13-20-24(25(14)33)26(34)19-11-12-21(41-16(3)32)18(23(19)27(20)35)10-9-17-7-5-4-6-8-17/h4-13,15,28-30,33,36-39H,1-3H3. The van der Waals surface area contributed by atoms with Gasteiger partial charge in [-0.2, -0.15) is 0 Å². The van der Waals surface area contributed by atoms with Crippen molar-refractivity contribution < 1.29 is 54.1 Å². The van der Waals surface area contributed by atoms with E-state index in [-0.39, 0.29) is 44.9 Å². The average molecular weight is 577 g/mol. The van der Waals surface area contributed by atoms with Crippen molar-refractivity contribution in [2.24, 2.45) is 0 Å². The van der Waals surface area contributed by atoms with Crippen molar-refractivity contribution in [1.29, 1.82) is 0 Å².